The van der Waals surface area contributed by atoms with Crippen LogP contribution in [0.5, 0.6) is 17.2 Å². The van der Waals surface area contributed by atoms with Gasteiger partial charge in [0.2, 0.25) is 0 Å². The highest BCUT2D eigenvalue weighted by molar-refractivity contribution is 6.03. The first-order valence-corrected chi connectivity index (χ1v) is 11.5. The van der Waals surface area contributed by atoms with Gasteiger partial charge in [-0.1, -0.05) is 30.3 Å². The Morgan fingerprint density at radius 1 is 0.943 bits per heavy atom. The highest BCUT2D eigenvalue weighted by atomic mass is 16.5. The largest absolute Gasteiger partial charge is 0.497 e. The molecule has 0 fully saturated rings. The van der Waals surface area contributed by atoms with Gasteiger partial charge in [0.05, 0.1) is 39.6 Å². The fourth-order valence-corrected chi connectivity index (χ4v) is 4.29. The van der Waals surface area contributed by atoms with E-state index >= 15 is 0 Å². The monoisotopic (exact) mass is 473 g/mol. The highest BCUT2D eigenvalue weighted by Crippen LogP contribution is 2.39. The Morgan fingerprint density at radius 3 is 2.29 bits per heavy atom. The number of ether oxygens (including phenoxy) is 3. The zero-order valence-electron chi connectivity index (χ0n) is 20.6. The number of benzene rings is 3. The minimum absolute atomic E-state index is 0.0742. The summed E-state index contributed by atoms with van der Waals surface area (Å²) in [7, 11) is 6.82. The highest BCUT2D eigenvalue weighted by Gasteiger charge is 2.35. The van der Waals surface area contributed by atoms with E-state index in [0.29, 0.717) is 24.5 Å². The summed E-state index contributed by atoms with van der Waals surface area (Å²) < 4.78 is 16.3. The Labute approximate surface area is 206 Å². The second kappa shape index (κ2) is 11.1. The van der Waals surface area contributed by atoms with Crippen LogP contribution in [-0.4, -0.2) is 56.4 Å². The lowest BCUT2D eigenvalue weighted by atomic mass is 9.97. The quantitative estimate of drug-likeness (QED) is 0.457. The lowest BCUT2D eigenvalue weighted by Gasteiger charge is -2.26. The van der Waals surface area contributed by atoms with Gasteiger partial charge in [0.25, 0.3) is 5.91 Å². The molecule has 0 bridgehead atoms. The molecule has 0 saturated carbocycles. The minimum Gasteiger partial charge on any atom is -0.497 e. The van der Waals surface area contributed by atoms with E-state index in [9.17, 15) is 4.79 Å². The Balaban J connectivity index is 1.62. The van der Waals surface area contributed by atoms with E-state index in [1.165, 1.54) is 0 Å². The second-order valence-corrected chi connectivity index (χ2v) is 8.50. The first-order valence-electron chi connectivity index (χ1n) is 11.5. The van der Waals surface area contributed by atoms with Crippen LogP contribution in [0, 0.1) is 0 Å². The van der Waals surface area contributed by atoms with Crippen LogP contribution in [-0.2, 0) is 11.3 Å². The van der Waals surface area contributed by atoms with Crippen LogP contribution in [0.4, 0.5) is 0 Å². The molecule has 7 nitrogen and oxygen atoms in total. The molecule has 0 N–H and O–H groups in total. The molecule has 0 saturated heterocycles. The average molecular weight is 474 g/mol. The molecule has 0 spiro atoms. The molecule has 0 aliphatic carbocycles. The van der Waals surface area contributed by atoms with Crippen molar-refractivity contribution in [1.82, 2.24) is 9.91 Å². The number of rotatable bonds is 9. The van der Waals surface area contributed by atoms with Gasteiger partial charge in [0.15, 0.2) is 0 Å². The predicted molar refractivity (Wildman–Crippen MR) is 136 cm³/mol. The third-order valence-electron chi connectivity index (χ3n) is 6.09. The molecule has 35 heavy (non-hydrogen) atoms. The Morgan fingerprint density at radius 2 is 1.63 bits per heavy atom. The molecule has 3 aromatic carbocycles. The topological polar surface area (TPSA) is 63.6 Å². The van der Waals surface area contributed by atoms with Crippen molar-refractivity contribution < 1.29 is 19.0 Å². The van der Waals surface area contributed by atoms with Crippen LogP contribution in [0.2, 0.25) is 0 Å². The average Bonchev–Trinajstić information content (AvgIpc) is 3.34. The maximum absolute atomic E-state index is 13.5. The Bertz CT molecular complexity index is 1180. The number of hydrazone groups is 1. The molecular formula is C28H31N3O4. The summed E-state index contributed by atoms with van der Waals surface area (Å²) >= 11 is 0. The Hall–Kier alpha value is -3.84. The molecule has 0 aromatic heterocycles. The maximum atomic E-state index is 13.5. The fraction of sp³-hybridized carbons (Fsp3) is 0.286. The summed E-state index contributed by atoms with van der Waals surface area (Å²) in [5, 5.41) is 6.40. The van der Waals surface area contributed by atoms with Gasteiger partial charge < -0.3 is 14.2 Å². The van der Waals surface area contributed by atoms with Crippen molar-refractivity contribution in [2.24, 2.45) is 5.10 Å². The minimum atomic E-state index is -0.286. The van der Waals surface area contributed by atoms with Crippen LogP contribution in [0.15, 0.2) is 77.9 Å². The van der Waals surface area contributed by atoms with Gasteiger partial charge in [-0.2, -0.15) is 5.10 Å². The normalized spacial score (nSPS) is 15.2. The molecule has 1 unspecified atom stereocenters. The Kier molecular flexibility index (Phi) is 7.67. The van der Waals surface area contributed by atoms with Crippen LogP contribution in [0.3, 0.4) is 0 Å². The molecule has 4 rings (SSSR count). The van der Waals surface area contributed by atoms with E-state index in [4.69, 9.17) is 19.3 Å². The van der Waals surface area contributed by atoms with Crippen LogP contribution in [0.1, 0.15) is 29.2 Å². The number of nitrogens with zero attached hydrogens (tertiary/aromatic N) is 3. The lowest BCUT2D eigenvalue weighted by molar-refractivity contribution is -0.134. The van der Waals surface area contributed by atoms with Gasteiger partial charge in [-0.3, -0.25) is 9.69 Å². The number of hydrogen-bond acceptors (Lipinski definition) is 6. The first kappa shape index (κ1) is 24.3. The zero-order valence-corrected chi connectivity index (χ0v) is 20.6. The molecule has 1 heterocycles. The third-order valence-corrected chi connectivity index (χ3v) is 6.09. The zero-order chi connectivity index (χ0) is 24.8. The van der Waals surface area contributed by atoms with E-state index in [-0.39, 0.29) is 18.5 Å². The molecule has 1 aliphatic rings. The molecule has 7 heteroatoms. The summed E-state index contributed by atoms with van der Waals surface area (Å²) in [6.07, 6.45) is 0.573. The van der Waals surface area contributed by atoms with E-state index in [0.717, 1.165) is 28.2 Å². The molecule has 1 atom stereocenters. The summed E-state index contributed by atoms with van der Waals surface area (Å²) in [6, 6.07) is 23.2. The van der Waals surface area contributed by atoms with Crippen LogP contribution < -0.4 is 14.2 Å². The van der Waals surface area contributed by atoms with Crippen LogP contribution in [0.25, 0.3) is 0 Å². The van der Waals surface area contributed by atoms with Crippen molar-refractivity contribution in [1.29, 1.82) is 0 Å². The summed E-state index contributed by atoms with van der Waals surface area (Å²) in [4.78, 5) is 15.5. The van der Waals surface area contributed by atoms with Crippen molar-refractivity contribution in [3.63, 3.8) is 0 Å². The third kappa shape index (κ3) is 5.63. The van der Waals surface area contributed by atoms with Gasteiger partial charge >= 0.3 is 0 Å². The molecule has 3 aromatic rings. The molecule has 182 valence electrons. The van der Waals surface area contributed by atoms with Gasteiger partial charge in [0, 0.05) is 24.6 Å². The van der Waals surface area contributed by atoms with Gasteiger partial charge in [-0.15, -0.1) is 0 Å². The van der Waals surface area contributed by atoms with Crippen LogP contribution >= 0.6 is 0 Å². The van der Waals surface area contributed by atoms with E-state index in [1.54, 1.807) is 26.3 Å². The number of carbonyl (C=O) groups excluding carboxylic acids is 1. The number of likely N-dealkylation sites (N-methyl/N-ethyl adjacent to an activating group) is 1. The fourth-order valence-electron chi connectivity index (χ4n) is 4.29. The second-order valence-electron chi connectivity index (χ2n) is 8.50. The summed E-state index contributed by atoms with van der Waals surface area (Å²) in [5.74, 6) is 2.06. The number of carbonyl (C=O) groups is 1. The van der Waals surface area contributed by atoms with Crippen molar-refractivity contribution in [2.45, 2.75) is 19.0 Å². The van der Waals surface area contributed by atoms with Crippen molar-refractivity contribution in [3.8, 4) is 17.2 Å². The lowest BCUT2D eigenvalue weighted by Crippen LogP contribution is -2.36. The molecule has 0 radical (unpaired) electrons. The summed E-state index contributed by atoms with van der Waals surface area (Å²) in [6.45, 7) is 0.912. The molecular weight excluding hydrogens is 442 g/mol. The van der Waals surface area contributed by atoms with Crippen molar-refractivity contribution in [3.05, 3.63) is 89.5 Å². The van der Waals surface area contributed by atoms with Crippen molar-refractivity contribution in [2.75, 3.05) is 34.9 Å². The predicted octanol–water partition coefficient (Wildman–Crippen LogP) is 4.52. The van der Waals surface area contributed by atoms with E-state index in [2.05, 4.69) is 12.1 Å². The number of hydrogen-bond donors (Lipinski definition) is 0. The van der Waals surface area contributed by atoms with Gasteiger partial charge in [0.1, 0.15) is 17.2 Å². The van der Waals surface area contributed by atoms with Gasteiger partial charge in [-0.25, -0.2) is 5.01 Å². The number of methoxy groups -OCH3 is 3. The SMILES string of the molecule is COc1ccc(C2=NN(C(=O)CN(C)Cc3ccccc3)C(c3ccc(OC)cc3OC)C2)cc1. The molecule has 1 amide bonds. The molecule has 1 aliphatic heterocycles. The van der Waals surface area contributed by atoms with E-state index < -0.39 is 0 Å². The van der Waals surface area contributed by atoms with E-state index in [1.807, 2.05) is 72.6 Å². The summed E-state index contributed by atoms with van der Waals surface area (Å²) in [5.41, 5.74) is 3.84. The number of amides is 1. The van der Waals surface area contributed by atoms with Crippen molar-refractivity contribution >= 4 is 11.6 Å². The smallest absolute Gasteiger partial charge is 0.257 e. The standard InChI is InChI=1S/C28H31N3O4/c1-30(18-20-8-6-5-7-9-20)19-28(32)31-26(24-15-14-23(34-3)16-27(24)35-4)17-25(29-31)21-10-12-22(33-2)13-11-21/h5-16,26H,17-19H2,1-4H3. The first-order chi connectivity index (χ1) is 17.0. The van der Waals surface area contributed by atoms with Gasteiger partial charge in [-0.05, 0) is 54.6 Å². The maximum Gasteiger partial charge on any atom is 0.257 e.